The molecule has 17 heavy (non-hydrogen) atoms. The molecule has 5 heteroatoms. The number of amides is 1. The fourth-order valence-electron chi connectivity index (χ4n) is 2.63. The molecule has 2 fully saturated rings. The number of nitrogens with one attached hydrogen (secondary N) is 1. The van der Waals surface area contributed by atoms with Gasteiger partial charge in [0.05, 0.1) is 6.04 Å². The number of carbonyl (C=O) groups excluding carboxylic acids is 1. The summed E-state index contributed by atoms with van der Waals surface area (Å²) in [4.78, 5) is 13.5. The van der Waals surface area contributed by atoms with E-state index in [4.69, 9.17) is 0 Å². The van der Waals surface area contributed by atoms with Gasteiger partial charge in [-0.25, -0.2) is 8.78 Å². The zero-order chi connectivity index (χ0) is 12.0. The van der Waals surface area contributed by atoms with Gasteiger partial charge in [0.15, 0.2) is 11.6 Å². The van der Waals surface area contributed by atoms with Crippen molar-refractivity contribution in [3.8, 4) is 0 Å². The van der Waals surface area contributed by atoms with E-state index in [9.17, 15) is 13.6 Å². The number of benzene rings is 1. The summed E-state index contributed by atoms with van der Waals surface area (Å²) in [5.74, 6) is -1.63. The molecule has 0 radical (unpaired) electrons. The molecule has 0 aromatic heterocycles. The Bertz CT molecular complexity index is 478. The maximum atomic E-state index is 13.0. The van der Waals surface area contributed by atoms with Crippen LogP contribution in [0.3, 0.4) is 0 Å². The molecule has 2 saturated heterocycles. The number of hydrogen-bond donors (Lipinski definition) is 1. The van der Waals surface area contributed by atoms with Gasteiger partial charge in [0.25, 0.3) is 0 Å². The van der Waals surface area contributed by atoms with Gasteiger partial charge in [-0.15, -0.1) is 0 Å². The Morgan fingerprint density at radius 2 is 2.18 bits per heavy atom. The summed E-state index contributed by atoms with van der Waals surface area (Å²) in [7, 11) is 0. The first-order valence-electron chi connectivity index (χ1n) is 5.62. The molecule has 0 aliphatic carbocycles. The van der Waals surface area contributed by atoms with Gasteiger partial charge in [-0.05, 0) is 24.1 Å². The smallest absolute Gasteiger partial charge is 0.237 e. The van der Waals surface area contributed by atoms with E-state index in [-0.39, 0.29) is 18.0 Å². The molecule has 1 amide bonds. The lowest BCUT2D eigenvalue weighted by Gasteiger charge is -2.26. The summed E-state index contributed by atoms with van der Waals surface area (Å²) in [6, 6.07) is 3.99. The molecule has 1 N–H and O–H groups in total. The highest BCUT2D eigenvalue weighted by molar-refractivity contribution is 5.85. The van der Waals surface area contributed by atoms with Gasteiger partial charge in [0.1, 0.15) is 0 Å². The molecule has 2 aliphatic heterocycles. The second kappa shape index (κ2) is 3.77. The normalized spacial score (nSPS) is 27.5. The van der Waals surface area contributed by atoms with E-state index >= 15 is 0 Å². The van der Waals surface area contributed by atoms with Gasteiger partial charge in [0, 0.05) is 19.1 Å². The zero-order valence-electron chi connectivity index (χ0n) is 9.12. The second-order valence-corrected chi connectivity index (χ2v) is 4.63. The molecule has 0 spiro atoms. The van der Waals surface area contributed by atoms with Crippen LogP contribution in [0, 0.1) is 11.6 Å². The Morgan fingerprint density at radius 3 is 2.82 bits per heavy atom. The van der Waals surface area contributed by atoms with E-state index < -0.39 is 11.6 Å². The molecule has 3 nitrogen and oxygen atoms in total. The summed E-state index contributed by atoms with van der Waals surface area (Å²) < 4.78 is 25.8. The van der Waals surface area contributed by atoms with Crippen LogP contribution in [0.15, 0.2) is 18.2 Å². The minimum absolute atomic E-state index is 0.0452. The highest BCUT2D eigenvalue weighted by atomic mass is 19.2. The van der Waals surface area contributed by atoms with Crippen molar-refractivity contribution < 1.29 is 13.6 Å². The van der Waals surface area contributed by atoms with E-state index in [1.807, 2.05) is 4.90 Å². The monoisotopic (exact) mass is 238 g/mol. The summed E-state index contributed by atoms with van der Waals surface area (Å²) in [6.07, 6.45) is 0.822. The topological polar surface area (TPSA) is 32.3 Å². The summed E-state index contributed by atoms with van der Waals surface area (Å²) in [5.41, 5.74) is 0.698. The first kappa shape index (κ1) is 10.7. The third-order valence-electron chi connectivity index (χ3n) is 3.42. The third kappa shape index (κ3) is 1.80. The zero-order valence-corrected chi connectivity index (χ0v) is 9.12. The Hall–Kier alpha value is -1.49. The molecule has 2 bridgehead atoms. The lowest BCUT2D eigenvalue weighted by molar-refractivity contribution is -0.125. The van der Waals surface area contributed by atoms with Crippen molar-refractivity contribution in [1.82, 2.24) is 10.2 Å². The molecule has 1 aromatic carbocycles. The Morgan fingerprint density at radius 1 is 1.35 bits per heavy atom. The van der Waals surface area contributed by atoms with Crippen molar-refractivity contribution in [2.45, 2.75) is 25.0 Å². The van der Waals surface area contributed by atoms with Gasteiger partial charge in [0.2, 0.25) is 5.91 Å². The highest BCUT2D eigenvalue weighted by Gasteiger charge is 2.43. The van der Waals surface area contributed by atoms with Gasteiger partial charge >= 0.3 is 0 Å². The minimum atomic E-state index is -0.838. The Kier molecular flexibility index (Phi) is 2.36. The molecule has 1 aromatic rings. The largest absolute Gasteiger partial charge is 0.351 e. The predicted octanol–water partition coefficient (Wildman–Crippen LogP) is 1.04. The van der Waals surface area contributed by atoms with Gasteiger partial charge in [-0.3, -0.25) is 9.69 Å². The molecule has 90 valence electrons. The minimum Gasteiger partial charge on any atom is -0.351 e. The quantitative estimate of drug-likeness (QED) is 0.835. The number of hydrogen-bond acceptors (Lipinski definition) is 2. The number of likely N-dealkylation sites (tertiary alicyclic amines) is 1. The van der Waals surface area contributed by atoms with E-state index in [0.717, 1.165) is 19.0 Å². The van der Waals surface area contributed by atoms with Crippen LogP contribution in [0.2, 0.25) is 0 Å². The second-order valence-electron chi connectivity index (χ2n) is 4.63. The van der Waals surface area contributed by atoms with E-state index in [1.54, 1.807) is 6.07 Å². The Balaban J connectivity index is 1.75. The lowest BCUT2D eigenvalue weighted by atomic mass is 10.2. The number of nitrogens with zero attached hydrogens (tertiary/aromatic N) is 1. The van der Waals surface area contributed by atoms with Crippen molar-refractivity contribution >= 4 is 5.91 Å². The average Bonchev–Trinajstić information content (AvgIpc) is 2.82. The van der Waals surface area contributed by atoms with E-state index in [2.05, 4.69) is 5.32 Å². The van der Waals surface area contributed by atoms with Crippen molar-refractivity contribution in [2.24, 2.45) is 0 Å². The predicted molar refractivity (Wildman–Crippen MR) is 57.1 cm³/mol. The number of fused-ring (bicyclic) bond motifs is 2. The van der Waals surface area contributed by atoms with Crippen molar-refractivity contribution in [2.75, 3.05) is 6.54 Å². The van der Waals surface area contributed by atoms with E-state index in [0.29, 0.717) is 12.1 Å². The van der Waals surface area contributed by atoms with Crippen LogP contribution in [0.4, 0.5) is 8.78 Å². The highest BCUT2D eigenvalue weighted by Crippen LogP contribution is 2.26. The summed E-state index contributed by atoms with van der Waals surface area (Å²) in [5, 5.41) is 2.87. The molecular formula is C12H12F2N2O. The fraction of sp³-hybridized carbons (Fsp3) is 0.417. The SMILES string of the molecule is O=C1N[C@H]2C[C@@H]1N(Cc1ccc(F)c(F)c1)C2. The molecule has 3 rings (SSSR count). The fourth-order valence-corrected chi connectivity index (χ4v) is 2.63. The van der Waals surface area contributed by atoms with Crippen LogP contribution in [0.5, 0.6) is 0 Å². The lowest BCUT2D eigenvalue weighted by Crippen LogP contribution is -2.47. The Labute approximate surface area is 97.4 Å². The van der Waals surface area contributed by atoms with Crippen LogP contribution in [-0.4, -0.2) is 29.4 Å². The van der Waals surface area contributed by atoms with Crippen LogP contribution < -0.4 is 5.32 Å². The van der Waals surface area contributed by atoms with Crippen LogP contribution >= 0.6 is 0 Å². The number of carbonyl (C=O) groups is 1. The van der Waals surface area contributed by atoms with Crippen LogP contribution in [0.25, 0.3) is 0 Å². The first-order valence-corrected chi connectivity index (χ1v) is 5.62. The number of piperazine rings is 1. The van der Waals surface area contributed by atoms with Gasteiger partial charge < -0.3 is 5.32 Å². The molecular weight excluding hydrogens is 226 g/mol. The molecule has 2 heterocycles. The molecule has 0 unspecified atom stereocenters. The van der Waals surface area contributed by atoms with Gasteiger partial charge in [-0.1, -0.05) is 6.07 Å². The maximum absolute atomic E-state index is 13.0. The van der Waals surface area contributed by atoms with Crippen molar-refractivity contribution in [1.29, 1.82) is 0 Å². The maximum Gasteiger partial charge on any atom is 0.237 e. The molecule has 2 aliphatic rings. The first-order chi connectivity index (χ1) is 8.13. The number of halogens is 2. The van der Waals surface area contributed by atoms with E-state index in [1.165, 1.54) is 6.07 Å². The third-order valence-corrected chi connectivity index (χ3v) is 3.42. The summed E-state index contributed by atoms with van der Waals surface area (Å²) >= 11 is 0. The molecule has 2 atom stereocenters. The summed E-state index contributed by atoms with van der Waals surface area (Å²) in [6.45, 7) is 1.28. The van der Waals surface area contributed by atoms with Gasteiger partial charge in [-0.2, -0.15) is 0 Å². The standard InChI is InChI=1S/C12H12F2N2O/c13-9-2-1-7(3-10(9)14)5-16-6-8-4-11(16)12(17)15-8/h1-3,8,11H,4-6H2,(H,15,17)/t8-,11-/m0/s1. The van der Waals surface area contributed by atoms with Crippen LogP contribution in [0.1, 0.15) is 12.0 Å². The molecule has 0 saturated carbocycles. The average molecular weight is 238 g/mol. The van der Waals surface area contributed by atoms with Crippen molar-refractivity contribution in [3.63, 3.8) is 0 Å². The van der Waals surface area contributed by atoms with Crippen LogP contribution in [-0.2, 0) is 11.3 Å². The number of rotatable bonds is 2. The van der Waals surface area contributed by atoms with Crippen molar-refractivity contribution in [3.05, 3.63) is 35.4 Å².